The summed E-state index contributed by atoms with van der Waals surface area (Å²) in [6.45, 7) is 4.57. The number of carbonyl (C=O) groups is 5. The minimum absolute atomic E-state index is 0.00757. The number of hydrogen-bond acceptors (Lipinski definition) is 9. The highest BCUT2D eigenvalue weighted by Gasteiger charge is 2.40. The van der Waals surface area contributed by atoms with Gasteiger partial charge >= 0.3 is 11.9 Å². The second-order valence-electron chi connectivity index (χ2n) is 7.09. The predicted molar refractivity (Wildman–Crippen MR) is 106 cm³/mol. The Bertz CT molecular complexity index is 676. The van der Waals surface area contributed by atoms with Gasteiger partial charge in [0.25, 0.3) is 5.91 Å². The molecule has 1 heterocycles. The van der Waals surface area contributed by atoms with E-state index in [0.717, 1.165) is 23.9 Å². The van der Waals surface area contributed by atoms with Gasteiger partial charge in [0.05, 0.1) is 0 Å². The van der Waals surface area contributed by atoms with Crippen molar-refractivity contribution in [2.75, 3.05) is 25.4 Å². The number of nitrogens with two attached hydrogens (primary N) is 1. The van der Waals surface area contributed by atoms with Crippen molar-refractivity contribution < 1.29 is 33.4 Å². The van der Waals surface area contributed by atoms with Crippen molar-refractivity contribution in [3.63, 3.8) is 0 Å². The lowest BCUT2D eigenvalue weighted by Gasteiger charge is -2.32. The van der Waals surface area contributed by atoms with Crippen molar-refractivity contribution in [1.29, 1.82) is 0 Å². The summed E-state index contributed by atoms with van der Waals surface area (Å²) in [5.41, 5.74) is 4.41. The van der Waals surface area contributed by atoms with Crippen LogP contribution < -0.4 is 16.4 Å². The zero-order valence-corrected chi connectivity index (χ0v) is 17.5. The van der Waals surface area contributed by atoms with Gasteiger partial charge in [-0.3, -0.25) is 19.2 Å². The SMILES string of the molecule is C[C@H](N)C(=O)O[C@H]1C(=O)NCCC(=O)NCCSC(=O)/C=C/C(=O)OCC1(C)C. The molecule has 0 saturated heterocycles. The average molecular weight is 429 g/mol. The molecule has 2 amide bonds. The van der Waals surface area contributed by atoms with Crippen molar-refractivity contribution in [3.05, 3.63) is 12.2 Å². The molecule has 0 saturated carbocycles. The molecule has 0 aromatic carbocycles. The molecule has 0 radical (unpaired) electrons. The van der Waals surface area contributed by atoms with E-state index in [9.17, 15) is 24.0 Å². The Morgan fingerprint density at radius 2 is 1.93 bits per heavy atom. The summed E-state index contributed by atoms with van der Waals surface area (Å²) in [6.07, 6.45) is 0.743. The van der Waals surface area contributed by atoms with Crippen LogP contribution in [0.15, 0.2) is 12.2 Å². The van der Waals surface area contributed by atoms with Crippen LogP contribution in [0.5, 0.6) is 0 Å². The van der Waals surface area contributed by atoms with Gasteiger partial charge in [-0.05, 0) is 13.0 Å². The summed E-state index contributed by atoms with van der Waals surface area (Å²) in [6, 6.07) is -0.956. The standard InChI is InChI=1S/C18H27N3O7S/c1-11(19)17(26)28-15-16(25)21-7-6-12(22)20-8-9-29-14(24)5-4-13(23)27-10-18(15,2)3/h4-5,11,15H,6-10,19H2,1-3H3,(H,20,22)(H,21,25)/b5-4+/t11-,15-/m0/s1. The minimum Gasteiger partial charge on any atom is -0.462 e. The highest BCUT2D eigenvalue weighted by Crippen LogP contribution is 2.25. The molecule has 1 rings (SSSR count). The van der Waals surface area contributed by atoms with Crippen molar-refractivity contribution in [1.82, 2.24) is 10.6 Å². The average Bonchev–Trinajstić information content (AvgIpc) is 2.65. The Morgan fingerprint density at radius 1 is 1.24 bits per heavy atom. The Morgan fingerprint density at radius 3 is 2.59 bits per heavy atom. The Hall–Kier alpha value is -2.40. The summed E-state index contributed by atoms with van der Waals surface area (Å²) in [5, 5.41) is 4.80. The molecule has 0 aliphatic carbocycles. The Labute approximate surface area is 173 Å². The topological polar surface area (TPSA) is 154 Å². The van der Waals surface area contributed by atoms with E-state index in [1.54, 1.807) is 13.8 Å². The van der Waals surface area contributed by atoms with Gasteiger partial charge in [-0.1, -0.05) is 25.6 Å². The molecule has 162 valence electrons. The molecular weight excluding hydrogens is 402 g/mol. The number of amides is 2. The van der Waals surface area contributed by atoms with Crippen LogP contribution in [0.2, 0.25) is 0 Å². The quantitative estimate of drug-likeness (QED) is 0.482. The van der Waals surface area contributed by atoms with Crippen molar-refractivity contribution in [3.8, 4) is 0 Å². The van der Waals surface area contributed by atoms with E-state index in [1.165, 1.54) is 6.92 Å². The fourth-order valence-corrected chi connectivity index (χ4v) is 2.75. The van der Waals surface area contributed by atoms with Crippen LogP contribution in [0.3, 0.4) is 0 Å². The summed E-state index contributed by atoms with van der Waals surface area (Å²) in [7, 11) is 0. The lowest BCUT2D eigenvalue weighted by atomic mass is 9.86. The molecular formula is C18H27N3O7S. The summed E-state index contributed by atoms with van der Waals surface area (Å²) < 4.78 is 10.4. The first-order valence-corrected chi connectivity index (χ1v) is 10.0. The maximum atomic E-state index is 12.6. The molecule has 0 spiro atoms. The molecule has 1 aliphatic heterocycles. The largest absolute Gasteiger partial charge is 0.462 e. The summed E-state index contributed by atoms with van der Waals surface area (Å²) in [5.74, 6) is -2.19. The van der Waals surface area contributed by atoms with Crippen LogP contribution in [-0.2, 0) is 33.4 Å². The van der Waals surface area contributed by atoms with Crippen molar-refractivity contribution >= 4 is 40.6 Å². The number of nitrogens with one attached hydrogen (secondary N) is 2. The molecule has 0 fully saturated rings. The van der Waals surface area contributed by atoms with Crippen LogP contribution >= 0.6 is 11.8 Å². The molecule has 1 aliphatic rings. The first-order valence-electron chi connectivity index (χ1n) is 9.05. The van der Waals surface area contributed by atoms with Crippen LogP contribution in [0.25, 0.3) is 0 Å². The lowest BCUT2D eigenvalue weighted by molar-refractivity contribution is -0.168. The van der Waals surface area contributed by atoms with Gasteiger partial charge in [-0.2, -0.15) is 0 Å². The smallest absolute Gasteiger partial charge is 0.330 e. The van der Waals surface area contributed by atoms with Crippen LogP contribution in [0, 0.1) is 5.41 Å². The number of esters is 2. The first-order chi connectivity index (χ1) is 13.5. The molecule has 0 aromatic rings. The van der Waals surface area contributed by atoms with Gasteiger partial charge in [0, 0.05) is 36.8 Å². The number of thioether (sulfide) groups is 1. The molecule has 0 aromatic heterocycles. The number of carbonyl (C=O) groups excluding carboxylic acids is 5. The normalized spacial score (nSPS) is 24.3. The molecule has 0 unspecified atom stereocenters. The van der Waals surface area contributed by atoms with Crippen LogP contribution in [0.4, 0.5) is 0 Å². The predicted octanol–water partition coefficient (Wildman–Crippen LogP) is -0.733. The third-order valence-electron chi connectivity index (χ3n) is 3.82. The van der Waals surface area contributed by atoms with E-state index in [0.29, 0.717) is 5.75 Å². The maximum absolute atomic E-state index is 12.6. The molecule has 2 atom stereocenters. The fraction of sp³-hybridized carbons (Fsp3) is 0.611. The fourth-order valence-electron chi connectivity index (χ4n) is 2.18. The monoisotopic (exact) mass is 429 g/mol. The van der Waals surface area contributed by atoms with E-state index in [4.69, 9.17) is 15.2 Å². The Kier molecular flexibility index (Phi) is 9.83. The van der Waals surface area contributed by atoms with E-state index in [-0.39, 0.29) is 37.1 Å². The highest BCUT2D eigenvalue weighted by molar-refractivity contribution is 8.14. The summed E-state index contributed by atoms with van der Waals surface area (Å²) in [4.78, 5) is 59.9. The van der Waals surface area contributed by atoms with E-state index in [1.807, 2.05) is 0 Å². The zero-order valence-electron chi connectivity index (χ0n) is 16.7. The highest BCUT2D eigenvalue weighted by atomic mass is 32.2. The zero-order chi connectivity index (χ0) is 22.0. The van der Waals surface area contributed by atoms with Gasteiger partial charge in [-0.25, -0.2) is 4.79 Å². The Balaban J connectivity index is 3.00. The van der Waals surface area contributed by atoms with Gasteiger partial charge in [0.1, 0.15) is 12.6 Å². The van der Waals surface area contributed by atoms with Crippen LogP contribution in [0.1, 0.15) is 27.2 Å². The van der Waals surface area contributed by atoms with Crippen molar-refractivity contribution in [2.24, 2.45) is 11.1 Å². The van der Waals surface area contributed by atoms with E-state index in [2.05, 4.69) is 10.6 Å². The number of rotatable bonds is 2. The van der Waals surface area contributed by atoms with Crippen molar-refractivity contribution in [2.45, 2.75) is 39.3 Å². The molecule has 0 bridgehead atoms. The second kappa shape index (κ2) is 11.6. The van der Waals surface area contributed by atoms with Gasteiger partial charge < -0.3 is 25.8 Å². The van der Waals surface area contributed by atoms with Gasteiger partial charge in [0.15, 0.2) is 6.10 Å². The number of cyclic esters (lactones) is 1. The lowest BCUT2D eigenvalue weighted by Crippen LogP contribution is -2.50. The van der Waals surface area contributed by atoms with Gasteiger partial charge in [0.2, 0.25) is 11.0 Å². The minimum atomic E-state index is -1.31. The number of ether oxygens (including phenoxy) is 2. The summed E-state index contributed by atoms with van der Waals surface area (Å²) >= 11 is 0.943. The van der Waals surface area contributed by atoms with E-state index >= 15 is 0 Å². The van der Waals surface area contributed by atoms with E-state index < -0.39 is 35.4 Å². The second-order valence-corrected chi connectivity index (χ2v) is 8.19. The maximum Gasteiger partial charge on any atom is 0.330 e. The van der Waals surface area contributed by atoms with Crippen LogP contribution in [-0.4, -0.2) is 66.5 Å². The third kappa shape index (κ3) is 9.09. The first kappa shape index (κ1) is 24.6. The number of hydrogen-bond donors (Lipinski definition) is 3. The molecule has 11 heteroatoms. The molecule has 29 heavy (non-hydrogen) atoms. The third-order valence-corrected chi connectivity index (χ3v) is 4.64. The molecule has 4 N–H and O–H groups in total. The molecule has 10 nitrogen and oxygen atoms in total. The van der Waals surface area contributed by atoms with Gasteiger partial charge in [-0.15, -0.1) is 0 Å².